The summed E-state index contributed by atoms with van der Waals surface area (Å²) in [7, 11) is 3.54. The lowest BCUT2D eigenvalue weighted by atomic mass is 9.49. The molecule has 9 heteroatoms. The molecule has 5 fully saturated rings. The van der Waals surface area contributed by atoms with Crippen molar-refractivity contribution in [1.82, 2.24) is 24.8 Å². The highest BCUT2D eigenvalue weighted by Gasteiger charge is 2.59. The quantitative estimate of drug-likeness (QED) is 0.608. The molecule has 2 bridgehead atoms. The fourth-order valence-electron chi connectivity index (χ4n) is 6.23. The molecule has 176 valence electrons. The van der Waals surface area contributed by atoms with Crippen molar-refractivity contribution in [2.45, 2.75) is 24.8 Å². The van der Waals surface area contributed by atoms with Crippen molar-refractivity contribution in [1.29, 1.82) is 0 Å². The first-order valence-electron chi connectivity index (χ1n) is 12.0. The van der Waals surface area contributed by atoms with Crippen LogP contribution in [0, 0.1) is 17.2 Å². The highest BCUT2D eigenvalue weighted by molar-refractivity contribution is 5.98. The van der Waals surface area contributed by atoms with Crippen LogP contribution in [0.3, 0.4) is 0 Å². The summed E-state index contributed by atoms with van der Waals surface area (Å²) < 4.78 is 17.0. The van der Waals surface area contributed by atoms with Crippen molar-refractivity contribution >= 4 is 34.3 Å². The number of benzene rings is 1. The van der Waals surface area contributed by atoms with Crippen LogP contribution in [0.25, 0.3) is 11.0 Å². The van der Waals surface area contributed by atoms with Crippen LogP contribution in [0.4, 0.5) is 21.7 Å². The molecule has 0 unspecified atom stereocenters. The summed E-state index contributed by atoms with van der Waals surface area (Å²) in [6, 6.07) is 7.10. The second kappa shape index (κ2) is 6.69. The molecule has 3 saturated carbocycles. The number of fused-ring (bicyclic) bond motifs is 1. The highest BCUT2D eigenvalue weighted by Crippen LogP contribution is 2.63. The number of nitrogens with zero attached hydrogens (tertiary/aromatic N) is 5. The lowest BCUT2D eigenvalue weighted by Gasteiger charge is -2.62. The Morgan fingerprint density at radius 1 is 1.21 bits per heavy atom. The lowest BCUT2D eigenvalue weighted by molar-refractivity contribution is -0.0870. The second-order valence-corrected chi connectivity index (χ2v) is 11.0. The van der Waals surface area contributed by atoms with Crippen molar-refractivity contribution in [3.63, 3.8) is 0 Å². The van der Waals surface area contributed by atoms with Crippen LogP contribution in [0.5, 0.6) is 0 Å². The summed E-state index contributed by atoms with van der Waals surface area (Å²) >= 11 is 0. The molecule has 2 aromatic heterocycles. The maximum absolute atomic E-state index is 14.9. The first-order chi connectivity index (χ1) is 16.3. The molecular formula is C25H28FN7O. The predicted molar refractivity (Wildman–Crippen MR) is 128 cm³/mol. The number of hydrogen-bond acceptors (Lipinski definition) is 6. The Morgan fingerprint density at radius 2 is 1.97 bits per heavy atom. The predicted octanol–water partition coefficient (Wildman–Crippen LogP) is 2.93. The Hall–Kier alpha value is -3.20. The molecule has 1 spiro atoms. The van der Waals surface area contributed by atoms with Crippen molar-refractivity contribution in [3.05, 3.63) is 42.0 Å². The number of carbonyl (C=O) groups excluding carboxylic acids is 1. The second-order valence-electron chi connectivity index (χ2n) is 11.0. The Labute approximate surface area is 197 Å². The first-order valence-corrected chi connectivity index (χ1v) is 12.0. The minimum absolute atomic E-state index is 0.00264. The molecule has 5 aliphatic rings. The van der Waals surface area contributed by atoms with Crippen molar-refractivity contribution in [2.24, 2.45) is 11.3 Å². The number of rotatable bonds is 5. The van der Waals surface area contributed by atoms with E-state index in [0.29, 0.717) is 28.4 Å². The third-order valence-electron chi connectivity index (χ3n) is 8.24. The smallest absolute Gasteiger partial charge is 0.270 e. The van der Waals surface area contributed by atoms with E-state index in [4.69, 9.17) is 4.98 Å². The molecule has 0 atom stereocenters. The van der Waals surface area contributed by atoms with E-state index in [1.165, 1.54) is 6.07 Å². The number of anilines is 3. The maximum Gasteiger partial charge on any atom is 0.270 e. The van der Waals surface area contributed by atoms with Gasteiger partial charge in [0.1, 0.15) is 17.2 Å². The van der Waals surface area contributed by atoms with Crippen LogP contribution < -0.4 is 15.5 Å². The van der Waals surface area contributed by atoms with Gasteiger partial charge in [-0.25, -0.2) is 9.37 Å². The van der Waals surface area contributed by atoms with Crippen LogP contribution in [-0.2, 0) is 5.54 Å². The van der Waals surface area contributed by atoms with Gasteiger partial charge in [-0.05, 0) is 49.4 Å². The van der Waals surface area contributed by atoms with Crippen molar-refractivity contribution in [3.8, 4) is 0 Å². The largest absolute Gasteiger partial charge is 0.368 e. The molecule has 8 nitrogen and oxygen atoms in total. The van der Waals surface area contributed by atoms with Crippen LogP contribution in [-0.4, -0.2) is 65.6 Å². The fourth-order valence-corrected chi connectivity index (χ4v) is 6.23. The minimum atomic E-state index is -0.246. The number of carbonyl (C=O) groups is 1. The van der Waals surface area contributed by atoms with Gasteiger partial charge < -0.3 is 25.0 Å². The topological polar surface area (TPSA) is 78.3 Å². The lowest BCUT2D eigenvalue weighted by Crippen LogP contribution is -2.71. The van der Waals surface area contributed by atoms with Crippen LogP contribution >= 0.6 is 0 Å². The molecule has 34 heavy (non-hydrogen) atoms. The van der Waals surface area contributed by atoms with E-state index in [1.54, 1.807) is 25.2 Å². The average molecular weight is 462 g/mol. The standard InChI is InChI=1S/C25H28FN7O/c1-31(2)22(34)20-5-16-10-28-23(30-21(16)33(20)25-7-15(8-25)9-25)29-17-3-4-19(18(26)6-17)32-13-24(14-32)11-27-12-24/h3-6,10,15,27H,7-9,11-14H2,1-2H3,(H,28,29,30). The van der Waals surface area contributed by atoms with E-state index in [0.717, 1.165) is 62.4 Å². The number of halogens is 1. The summed E-state index contributed by atoms with van der Waals surface area (Å²) in [6.45, 7) is 3.85. The van der Waals surface area contributed by atoms with Gasteiger partial charge in [0, 0.05) is 68.5 Å². The van der Waals surface area contributed by atoms with E-state index < -0.39 is 0 Å². The van der Waals surface area contributed by atoms with Gasteiger partial charge in [0.15, 0.2) is 0 Å². The molecule has 3 aromatic rings. The van der Waals surface area contributed by atoms with Gasteiger partial charge in [-0.2, -0.15) is 4.98 Å². The highest BCUT2D eigenvalue weighted by atomic mass is 19.1. The Bertz CT molecular complexity index is 1320. The molecule has 1 amide bonds. The summed E-state index contributed by atoms with van der Waals surface area (Å²) in [5.74, 6) is 0.894. The van der Waals surface area contributed by atoms with E-state index in [-0.39, 0.29) is 17.3 Å². The van der Waals surface area contributed by atoms with E-state index in [1.807, 2.05) is 18.2 Å². The zero-order chi connectivity index (χ0) is 23.2. The maximum atomic E-state index is 14.9. The minimum Gasteiger partial charge on any atom is -0.368 e. The normalized spacial score (nSPS) is 25.9. The molecule has 8 rings (SSSR count). The van der Waals surface area contributed by atoms with Crippen LogP contribution in [0.2, 0.25) is 0 Å². The summed E-state index contributed by atoms with van der Waals surface area (Å²) in [6.07, 6.45) is 5.03. The Balaban J connectivity index is 1.18. The van der Waals surface area contributed by atoms with Crippen LogP contribution in [0.15, 0.2) is 30.5 Å². The average Bonchev–Trinajstić information content (AvgIpc) is 3.03. The number of nitrogens with one attached hydrogen (secondary N) is 2. The Morgan fingerprint density at radius 3 is 2.56 bits per heavy atom. The van der Waals surface area contributed by atoms with E-state index in [2.05, 4.69) is 25.1 Å². The van der Waals surface area contributed by atoms with Gasteiger partial charge >= 0.3 is 0 Å². The third-order valence-corrected chi connectivity index (χ3v) is 8.24. The van der Waals surface area contributed by atoms with Gasteiger partial charge in [0.2, 0.25) is 5.95 Å². The number of hydrogen-bond donors (Lipinski definition) is 2. The van der Waals surface area contributed by atoms with Crippen LogP contribution in [0.1, 0.15) is 29.8 Å². The van der Waals surface area contributed by atoms with Gasteiger partial charge in [-0.1, -0.05) is 0 Å². The zero-order valence-electron chi connectivity index (χ0n) is 19.4. The van der Waals surface area contributed by atoms with Gasteiger partial charge in [-0.3, -0.25) is 4.79 Å². The van der Waals surface area contributed by atoms with Gasteiger partial charge in [0.05, 0.1) is 5.69 Å². The van der Waals surface area contributed by atoms with E-state index >= 15 is 0 Å². The molecule has 3 aliphatic carbocycles. The number of amides is 1. The molecular weight excluding hydrogens is 433 g/mol. The zero-order valence-corrected chi connectivity index (χ0v) is 19.4. The molecule has 0 radical (unpaired) electrons. The SMILES string of the molecule is CN(C)C(=O)c1cc2cnc(Nc3ccc(N4CC5(CNC5)C4)c(F)c3)nc2n1C12CC(C1)C2. The summed E-state index contributed by atoms with van der Waals surface area (Å²) in [5, 5.41) is 7.32. The van der Waals surface area contributed by atoms with Gasteiger partial charge in [0.25, 0.3) is 5.91 Å². The monoisotopic (exact) mass is 461 g/mol. The first kappa shape index (κ1) is 20.2. The Kier molecular flexibility index (Phi) is 3.97. The van der Waals surface area contributed by atoms with Gasteiger partial charge in [-0.15, -0.1) is 0 Å². The fraction of sp³-hybridized carbons (Fsp3) is 0.480. The number of aromatic nitrogens is 3. The molecule has 4 heterocycles. The molecule has 1 aromatic carbocycles. The molecule has 2 aliphatic heterocycles. The van der Waals surface area contributed by atoms with Crippen molar-refractivity contribution in [2.75, 3.05) is 50.5 Å². The summed E-state index contributed by atoms with van der Waals surface area (Å²) in [5.41, 5.74) is 3.01. The molecule has 2 saturated heterocycles. The molecule has 2 N–H and O–H groups in total. The third kappa shape index (κ3) is 2.76. The summed E-state index contributed by atoms with van der Waals surface area (Å²) in [4.78, 5) is 25.9. The van der Waals surface area contributed by atoms with E-state index in [9.17, 15) is 9.18 Å². The van der Waals surface area contributed by atoms with Crippen molar-refractivity contribution < 1.29 is 9.18 Å².